The molecule has 0 radical (unpaired) electrons. The molecule has 2 atom stereocenters. The molecule has 2 amide bonds. The highest BCUT2D eigenvalue weighted by Crippen LogP contribution is 2.28. The van der Waals surface area contributed by atoms with Gasteiger partial charge in [-0.15, -0.1) is 0 Å². The number of ether oxygens (including phenoxy) is 1. The van der Waals surface area contributed by atoms with Crippen molar-refractivity contribution < 1.29 is 9.53 Å². The molecule has 1 aromatic carbocycles. The van der Waals surface area contributed by atoms with Crippen molar-refractivity contribution in [2.45, 2.75) is 18.4 Å². The van der Waals surface area contributed by atoms with Crippen LogP contribution in [0.5, 0.6) is 5.75 Å². The summed E-state index contributed by atoms with van der Waals surface area (Å²) in [6.07, 6.45) is 0.858. The molecule has 18 heavy (non-hydrogen) atoms. The maximum atomic E-state index is 11.3. The maximum Gasteiger partial charge on any atom is 0.314 e. The first-order valence-corrected chi connectivity index (χ1v) is 6.04. The molecule has 1 aromatic rings. The molecule has 0 saturated carbocycles. The Morgan fingerprint density at radius 3 is 2.89 bits per heavy atom. The number of likely N-dealkylation sites (tertiary alicyclic amines) is 1. The lowest BCUT2D eigenvalue weighted by atomic mass is 9.88. The van der Waals surface area contributed by atoms with Crippen LogP contribution >= 0.6 is 0 Å². The van der Waals surface area contributed by atoms with Crippen LogP contribution < -0.4 is 16.2 Å². The number of carbonyl (C=O) groups excluding carboxylic acids is 1. The van der Waals surface area contributed by atoms with E-state index in [-0.39, 0.29) is 12.0 Å². The van der Waals surface area contributed by atoms with Gasteiger partial charge in [0.25, 0.3) is 0 Å². The predicted molar refractivity (Wildman–Crippen MR) is 69.5 cm³/mol. The molecule has 1 saturated heterocycles. The molecule has 1 aliphatic heterocycles. The lowest BCUT2D eigenvalue weighted by Crippen LogP contribution is -2.50. The van der Waals surface area contributed by atoms with Gasteiger partial charge in [0.2, 0.25) is 0 Å². The van der Waals surface area contributed by atoms with Crippen LogP contribution in [-0.2, 0) is 0 Å². The fraction of sp³-hybridized carbons (Fsp3) is 0.462. The minimum atomic E-state index is -0.405. The number of nitrogens with two attached hydrogens (primary N) is 2. The molecule has 4 N–H and O–H groups in total. The van der Waals surface area contributed by atoms with Crippen molar-refractivity contribution >= 4 is 6.03 Å². The fourth-order valence-corrected chi connectivity index (χ4v) is 2.46. The fourth-order valence-electron chi connectivity index (χ4n) is 2.46. The van der Waals surface area contributed by atoms with Gasteiger partial charge < -0.3 is 21.1 Å². The quantitative estimate of drug-likeness (QED) is 0.816. The Morgan fingerprint density at radius 1 is 1.44 bits per heavy atom. The minimum absolute atomic E-state index is 0.0255. The maximum absolute atomic E-state index is 11.3. The summed E-state index contributed by atoms with van der Waals surface area (Å²) in [6.45, 7) is 1.16. The van der Waals surface area contributed by atoms with Crippen LogP contribution in [0.1, 0.15) is 17.9 Å². The first-order chi connectivity index (χ1) is 8.60. The lowest BCUT2D eigenvalue weighted by molar-refractivity contribution is 0.180. The topological polar surface area (TPSA) is 81.6 Å². The highest BCUT2D eigenvalue weighted by Gasteiger charge is 2.28. The van der Waals surface area contributed by atoms with E-state index in [0.29, 0.717) is 13.1 Å². The summed E-state index contributed by atoms with van der Waals surface area (Å²) in [6, 6.07) is 7.44. The van der Waals surface area contributed by atoms with Crippen LogP contribution in [0.2, 0.25) is 0 Å². The van der Waals surface area contributed by atoms with Crippen LogP contribution in [0.3, 0.4) is 0 Å². The first kappa shape index (κ1) is 12.7. The van der Waals surface area contributed by atoms with Gasteiger partial charge >= 0.3 is 6.03 Å². The zero-order chi connectivity index (χ0) is 13.1. The number of nitrogens with zero attached hydrogens (tertiary/aromatic N) is 1. The number of piperidine rings is 1. The molecular weight excluding hydrogens is 230 g/mol. The molecule has 5 nitrogen and oxygen atoms in total. The van der Waals surface area contributed by atoms with Crippen molar-refractivity contribution in [1.29, 1.82) is 0 Å². The van der Waals surface area contributed by atoms with E-state index in [9.17, 15) is 4.79 Å². The molecule has 0 aromatic heterocycles. The second-order valence-electron chi connectivity index (χ2n) is 4.71. The van der Waals surface area contributed by atoms with E-state index >= 15 is 0 Å². The third-order valence-electron chi connectivity index (χ3n) is 3.36. The number of rotatable bonds is 2. The number of methoxy groups -OCH3 is 1. The van der Waals surface area contributed by atoms with Gasteiger partial charge in [-0.1, -0.05) is 12.1 Å². The van der Waals surface area contributed by atoms with Crippen molar-refractivity contribution in [3.63, 3.8) is 0 Å². The highest BCUT2D eigenvalue weighted by molar-refractivity contribution is 5.72. The second kappa shape index (κ2) is 5.27. The molecule has 0 aliphatic carbocycles. The smallest absolute Gasteiger partial charge is 0.314 e. The molecule has 98 valence electrons. The molecule has 2 rings (SSSR count). The van der Waals surface area contributed by atoms with Crippen LogP contribution in [-0.4, -0.2) is 37.2 Å². The number of primary amides is 1. The SMILES string of the molecule is COc1cccc(C2CC(N)CN(C(N)=O)C2)c1. The Bertz CT molecular complexity index is 436. The highest BCUT2D eigenvalue weighted by atomic mass is 16.5. The predicted octanol–water partition coefficient (Wildman–Crippen LogP) is 0.890. The van der Waals surface area contributed by atoms with E-state index in [1.807, 2.05) is 24.3 Å². The molecule has 1 heterocycles. The summed E-state index contributed by atoms with van der Waals surface area (Å²) in [5.74, 6) is 1.04. The normalized spacial score (nSPS) is 23.8. The average molecular weight is 249 g/mol. The standard InChI is InChI=1S/C13H19N3O2/c1-18-12-4-2-3-9(6-12)10-5-11(14)8-16(7-10)13(15)17/h2-4,6,10-11H,5,7-8,14H2,1H3,(H2,15,17). The van der Waals surface area contributed by atoms with Gasteiger partial charge in [0.05, 0.1) is 7.11 Å². The van der Waals surface area contributed by atoms with Gasteiger partial charge in [-0.3, -0.25) is 0 Å². The summed E-state index contributed by atoms with van der Waals surface area (Å²) in [5.41, 5.74) is 12.4. The van der Waals surface area contributed by atoms with Gasteiger partial charge in [0.1, 0.15) is 5.75 Å². The van der Waals surface area contributed by atoms with Gasteiger partial charge in [0.15, 0.2) is 0 Å². The monoisotopic (exact) mass is 249 g/mol. The van der Waals surface area contributed by atoms with Gasteiger partial charge in [-0.05, 0) is 24.1 Å². The molecule has 1 aliphatic rings. The zero-order valence-corrected chi connectivity index (χ0v) is 10.5. The summed E-state index contributed by atoms with van der Waals surface area (Å²) < 4.78 is 5.21. The van der Waals surface area contributed by atoms with E-state index < -0.39 is 6.03 Å². The molecule has 2 unspecified atom stereocenters. The lowest BCUT2D eigenvalue weighted by Gasteiger charge is -2.35. The summed E-state index contributed by atoms with van der Waals surface area (Å²) in [4.78, 5) is 12.9. The van der Waals surface area contributed by atoms with Crippen molar-refractivity contribution in [2.24, 2.45) is 11.5 Å². The molecule has 1 fully saturated rings. The Labute approximate surface area is 107 Å². The van der Waals surface area contributed by atoms with E-state index in [1.54, 1.807) is 12.0 Å². The van der Waals surface area contributed by atoms with Crippen LogP contribution in [0.25, 0.3) is 0 Å². The number of amides is 2. The van der Waals surface area contributed by atoms with Crippen LogP contribution in [0.4, 0.5) is 4.79 Å². The number of benzene rings is 1. The summed E-state index contributed by atoms with van der Waals surface area (Å²) in [5, 5.41) is 0. The number of urea groups is 1. The van der Waals surface area contributed by atoms with Gasteiger partial charge in [0, 0.05) is 25.0 Å². The summed E-state index contributed by atoms with van der Waals surface area (Å²) >= 11 is 0. The number of hydrogen-bond acceptors (Lipinski definition) is 3. The first-order valence-electron chi connectivity index (χ1n) is 6.04. The Kier molecular flexibility index (Phi) is 3.72. The number of hydrogen-bond donors (Lipinski definition) is 2. The van der Waals surface area contributed by atoms with Crippen molar-refractivity contribution in [1.82, 2.24) is 4.90 Å². The van der Waals surface area contributed by atoms with E-state index in [4.69, 9.17) is 16.2 Å². The molecule has 0 bridgehead atoms. The average Bonchev–Trinajstić information content (AvgIpc) is 2.38. The van der Waals surface area contributed by atoms with E-state index in [0.717, 1.165) is 17.7 Å². The van der Waals surface area contributed by atoms with Crippen LogP contribution in [0.15, 0.2) is 24.3 Å². The molecule has 0 spiro atoms. The largest absolute Gasteiger partial charge is 0.497 e. The van der Waals surface area contributed by atoms with E-state index in [1.165, 1.54) is 0 Å². The van der Waals surface area contributed by atoms with Gasteiger partial charge in [-0.2, -0.15) is 0 Å². The molecular formula is C13H19N3O2. The minimum Gasteiger partial charge on any atom is -0.497 e. The van der Waals surface area contributed by atoms with E-state index in [2.05, 4.69) is 0 Å². The third-order valence-corrected chi connectivity index (χ3v) is 3.36. The zero-order valence-electron chi connectivity index (χ0n) is 10.5. The third kappa shape index (κ3) is 2.73. The summed E-state index contributed by atoms with van der Waals surface area (Å²) in [7, 11) is 1.64. The van der Waals surface area contributed by atoms with Gasteiger partial charge in [-0.25, -0.2) is 4.79 Å². The Morgan fingerprint density at radius 2 is 2.22 bits per heavy atom. The number of carbonyl (C=O) groups is 1. The second-order valence-corrected chi connectivity index (χ2v) is 4.71. The van der Waals surface area contributed by atoms with Crippen molar-refractivity contribution in [2.75, 3.05) is 20.2 Å². The Balaban J connectivity index is 2.18. The van der Waals surface area contributed by atoms with Crippen molar-refractivity contribution in [3.8, 4) is 5.75 Å². The van der Waals surface area contributed by atoms with Crippen LogP contribution in [0, 0.1) is 0 Å². The molecule has 5 heteroatoms. The Hall–Kier alpha value is -1.75. The van der Waals surface area contributed by atoms with Crippen molar-refractivity contribution in [3.05, 3.63) is 29.8 Å².